The van der Waals surface area contributed by atoms with Crippen LogP contribution in [0.4, 0.5) is 0 Å². The van der Waals surface area contributed by atoms with Crippen molar-refractivity contribution in [1.82, 2.24) is 20.0 Å². The lowest BCUT2D eigenvalue weighted by Gasteiger charge is -2.34. The fraction of sp³-hybridized carbons (Fsp3) is 0.579. The highest BCUT2D eigenvalue weighted by Crippen LogP contribution is 2.31. The highest BCUT2D eigenvalue weighted by atomic mass is 16.4. The molecule has 1 aromatic heterocycles. The minimum atomic E-state index is 0.614. The Morgan fingerprint density at radius 1 is 0.958 bits per heavy atom. The second-order valence-corrected chi connectivity index (χ2v) is 7.06. The average molecular weight is 326 g/mol. The van der Waals surface area contributed by atoms with Crippen LogP contribution in [0.2, 0.25) is 0 Å². The van der Waals surface area contributed by atoms with Gasteiger partial charge in [0, 0.05) is 25.6 Å². The zero-order valence-electron chi connectivity index (χ0n) is 14.4. The molecule has 5 heteroatoms. The third-order valence-corrected chi connectivity index (χ3v) is 5.41. The maximum absolute atomic E-state index is 5.60. The summed E-state index contributed by atoms with van der Waals surface area (Å²) in [6, 6.07) is 12.1. The van der Waals surface area contributed by atoms with E-state index < -0.39 is 0 Å². The molecule has 0 spiro atoms. The first-order valence-corrected chi connectivity index (χ1v) is 9.10. The fourth-order valence-corrected chi connectivity index (χ4v) is 4.36. The SMILES string of the molecule is Cc1nnc(CN2CCC[C@@H]2[C@H]2CCCN2Cc2ccccc2)o1. The first-order chi connectivity index (χ1) is 11.8. The van der Waals surface area contributed by atoms with Gasteiger partial charge in [0.2, 0.25) is 11.8 Å². The van der Waals surface area contributed by atoms with Gasteiger partial charge in [-0.05, 0) is 44.3 Å². The molecule has 128 valence electrons. The largest absolute Gasteiger partial charge is 0.424 e. The van der Waals surface area contributed by atoms with Crippen LogP contribution in [0.5, 0.6) is 0 Å². The zero-order chi connectivity index (χ0) is 16.4. The summed E-state index contributed by atoms with van der Waals surface area (Å²) in [4.78, 5) is 5.23. The lowest BCUT2D eigenvalue weighted by Crippen LogP contribution is -2.45. The zero-order valence-corrected chi connectivity index (χ0v) is 14.4. The van der Waals surface area contributed by atoms with E-state index in [9.17, 15) is 0 Å². The minimum Gasteiger partial charge on any atom is -0.424 e. The lowest BCUT2D eigenvalue weighted by molar-refractivity contribution is 0.117. The van der Waals surface area contributed by atoms with Crippen molar-refractivity contribution in [2.75, 3.05) is 13.1 Å². The molecule has 2 saturated heterocycles. The van der Waals surface area contributed by atoms with Crippen LogP contribution in [-0.4, -0.2) is 45.2 Å². The summed E-state index contributed by atoms with van der Waals surface area (Å²) in [5.41, 5.74) is 1.42. The highest BCUT2D eigenvalue weighted by Gasteiger charge is 2.38. The van der Waals surface area contributed by atoms with Crippen LogP contribution in [0.25, 0.3) is 0 Å². The highest BCUT2D eigenvalue weighted by molar-refractivity contribution is 5.15. The van der Waals surface area contributed by atoms with Crippen molar-refractivity contribution in [3.63, 3.8) is 0 Å². The van der Waals surface area contributed by atoms with E-state index in [1.54, 1.807) is 0 Å². The molecule has 2 aromatic rings. The number of likely N-dealkylation sites (tertiary alicyclic amines) is 2. The van der Waals surface area contributed by atoms with Crippen molar-refractivity contribution in [3.05, 3.63) is 47.7 Å². The molecular formula is C19H26N4O. The van der Waals surface area contributed by atoms with Crippen LogP contribution in [0.15, 0.2) is 34.7 Å². The van der Waals surface area contributed by atoms with Crippen molar-refractivity contribution >= 4 is 0 Å². The van der Waals surface area contributed by atoms with Crippen LogP contribution in [-0.2, 0) is 13.1 Å². The average Bonchev–Trinajstić information content (AvgIpc) is 3.31. The minimum absolute atomic E-state index is 0.614. The van der Waals surface area contributed by atoms with Crippen LogP contribution in [0.3, 0.4) is 0 Å². The summed E-state index contributed by atoms with van der Waals surface area (Å²) < 4.78 is 5.60. The summed E-state index contributed by atoms with van der Waals surface area (Å²) in [6.45, 7) is 6.07. The number of hydrogen-bond acceptors (Lipinski definition) is 5. The van der Waals surface area contributed by atoms with Gasteiger partial charge >= 0.3 is 0 Å². The predicted molar refractivity (Wildman–Crippen MR) is 92.3 cm³/mol. The van der Waals surface area contributed by atoms with Gasteiger partial charge in [-0.2, -0.15) is 0 Å². The third kappa shape index (κ3) is 3.37. The van der Waals surface area contributed by atoms with E-state index in [1.807, 2.05) is 6.92 Å². The number of rotatable bonds is 5. The van der Waals surface area contributed by atoms with Crippen LogP contribution in [0.1, 0.15) is 43.0 Å². The standard InChI is InChI=1S/C19H26N4O/c1-15-20-21-19(24-15)14-23-12-6-10-18(23)17-9-5-11-22(17)13-16-7-3-2-4-8-16/h2-4,7-8,17-18H,5-6,9-14H2,1H3/t17-,18-/m1/s1. The molecular weight excluding hydrogens is 300 g/mol. The van der Waals surface area contributed by atoms with Crippen LogP contribution in [0, 0.1) is 6.92 Å². The Labute approximate surface area is 143 Å². The maximum Gasteiger partial charge on any atom is 0.230 e. The molecule has 0 radical (unpaired) electrons. The smallest absolute Gasteiger partial charge is 0.230 e. The van der Waals surface area contributed by atoms with E-state index in [2.05, 4.69) is 50.3 Å². The third-order valence-electron chi connectivity index (χ3n) is 5.41. The molecule has 5 nitrogen and oxygen atoms in total. The van der Waals surface area contributed by atoms with E-state index in [4.69, 9.17) is 4.42 Å². The van der Waals surface area contributed by atoms with Crippen molar-refractivity contribution in [3.8, 4) is 0 Å². The van der Waals surface area contributed by atoms with E-state index in [0.717, 1.165) is 25.5 Å². The molecule has 2 aliphatic rings. The van der Waals surface area contributed by atoms with Crippen molar-refractivity contribution in [2.24, 2.45) is 0 Å². The topological polar surface area (TPSA) is 45.4 Å². The van der Waals surface area contributed by atoms with Crippen LogP contribution >= 0.6 is 0 Å². The summed E-state index contributed by atoms with van der Waals surface area (Å²) >= 11 is 0. The van der Waals surface area contributed by atoms with E-state index in [0.29, 0.717) is 18.0 Å². The Morgan fingerprint density at radius 2 is 1.62 bits per heavy atom. The number of benzene rings is 1. The van der Waals surface area contributed by atoms with Crippen LogP contribution < -0.4 is 0 Å². The van der Waals surface area contributed by atoms with E-state index in [-0.39, 0.29) is 0 Å². The molecule has 0 N–H and O–H groups in total. The van der Waals surface area contributed by atoms with Gasteiger partial charge in [0.1, 0.15) is 0 Å². The summed E-state index contributed by atoms with van der Waals surface area (Å²) in [6.07, 6.45) is 5.16. The van der Waals surface area contributed by atoms with Gasteiger partial charge in [0.05, 0.1) is 6.54 Å². The molecule has 0 bridgehead atoms. The summed E-state index contributed by atoms with van der Waals surface area (Å²) in [7, 11) is 0. The normalized spacial score (nSPS) is 25.5. The number of aryl methyl sites for hydroxylation is 1. The lowest BCUT2D eigenvalue weighted by atomic mass is 10.0. The molecule has 3 heterocycles. The molecule has 0 saturated carbocycles. The van der Waals surface area contributed by atoms with Crippen molar-refractivity contribution in [2.45, 2.75) is 57.8 Å². The quantitative estimate of drug-likeness (QED) is 0.845. The number of nitrogens with zero attached hydrogens (tertiary/aromatic N) is 4. The first kappa shape index (κ1) is 15.8. The molecule has 2 atom stereocenters. The second-order valence-electron chi connectivity index (χ2n) is 7.06. The summed E-state index contributed by atoms with van der Waals surface area (Å²) in [5, 5.41) is 8.15. The molecule has 1 aromatic carbocycles. The van der Waals surface area contributed by atoms with Crippen molar-refractivity contribution in [1.29, 1.82) is 0 Å². The van der Waals surface area contributed by atoms with Gasteiger partial charge in [-0.25, -0.2) is 0 Å². The summed E-state index contributed by atoms with van der Waals surface area (Å²) in [5.74, 6) is 1.42. The Bertz CT molecular complexity index is 656. The van der Waals surface area contributed by atoms with Crippen molar-refractivity contribution < 1.29 is 4.42 Å². The van der Waals surface area contributed by atoms with E-state index in [1.165, 1.54) is 37.8 Å². The molecule has 0 amide bonds. The second kappa shape index (κ2) is 7.03. The first-order valence-electron chi connectivity index (χ1n) is 9.10. The van der Waals surface area contributed by atoms with Gasteiger partial charge in [0.15, 0.2) is 0 Å². The number of hydrogen-bond donors (Lipinski definition) is 0. The monoisotopic (exact) mass is 326 g/mol. The Hall–Kier alpha value is -1.72. The van der Waals surface area contributed by atoms with Gasteiger partial charge in [-0.1, -0.05) is 30.3 Å². The predicted octanol–water partition coefficient (Wildman–Crippen LogP) is 3.01. The molecule has 2 aliphatic heterocycles. The molecule has 2 fully saturated rings. The molecule has 24 heavy (non-hydrogen) atoms. The number of aromatic nitrogens is 2. The molecule has 0 aliphatic carbocycles. The van der Waals surface area contributed by atoms with Gasteiger partial charge < -0.3 is 4.42 Å². The Balaban J connectivity index is 1.44. The van der Waals surface area contributed by atoms with Gasteiger partial charge in [0.25, 0.3) is 0 Å². The van der Waals surface area contributed by atoms with Gasteiger partial charge in [-0.15, -0.1) is 10.2 Å². The molecule has 4 rings (SSSR count). The fourth-order valence-electron chi connectivity index (χ4n) is 4.36. The Kier molecular flexibility index (Phi) is 4.63. The van der Waals surface area contributed by atoms with E-state index >= 15 is 0 Å². The Morgan fingerprint density at radius 3 is 2.25 bits per heavy atom. The maximum atomic E-state index is 5.60. The molecule has 0 unspecified atom stereocenters. The van der Waals surface area contributed by atoms with Gasteiger partial charge in [-0.3, -0.25) is 9.80 Å².